The molecule has 0 radical (unpaired) electrons. The molecule has 1 amide bonds. The van der Waals surface area contributed by atoms with Crippen LogP contribution in [-0.2, 0) is 13.0 Å². The Bertz CT molecular complexity index is 711. The van der Waals surface area contributed by atoms with Crippen LogP contribution in [0.2, 0.25) is 0 Å². The number of carbonyl (C=O) groups is 1. The number of likely N-dealkylation sites (tertiary alicyclic amines) is 1. The average molecular weight is 361 g/mol. The molecule has 0 bridgehead atoms. The maximum Gasteiger partial charge on any atom is 0.274 e. The van der Waals surface area contributed by atoms with Gasteiger partial charge in [0, 0.05) is 35.8 Å². The van der Waals surface area contributed by atoms with E-state index in [-0.39, 0.29) is 11.4 Å². The summed E-state index contributed by atoms with van der Waals surface area (Å²) in [6.45, 7) is 2.72. The van der Waals surface area contributed by atoms with E-state index >= 15 is 0 Å². The summed E-state index contributed by atoms with van der Waals surface area (Å²) in [5.74, 6) is -1.000. The molecule has 1 aromatic carbocycles. The number of fused-ring (bicyclic) bond motifs is 1. The molecule has 142 valence electrons. The van der Waals surface area contributed by atoms with E-state index in [9.17, 15) is 9.18 Å². The van der Waals surface area contributed by atoms with Gasteiger partial charge in [-0.2, -0.15) is 0 Å². The molecule has 1 spiro atoms. The van der Waals surface area contributed by atoms with Gasteiger partial charge in [0.1, 0.15) is 5.82 Å². The first-order valence-electron chi connectivity index (χ1n) is 9.73. The van der Waals surface area contributed by atoms with Gasteiger partial charge in [-0.3, -0.25) is 14.9 Å². The first kappa shape index (κ1) is 17.9. The van der Waals surface area contributed by atoms with Gasteiger partial charge in [-0.1, -0.05) is 6.42 Å². The molecule has 6 heteroatoms. The van der Waals surface area contributed by atoms with Gasteiger partial charge < -0.3 is 4.90 Å². The Morgan fingerprint density at radius 1 is 1.31 bits per heavy atom. The Labute approximate surface area is 154 Å². The van der Waals surface area contributed by atoms with Crippen molar-refractivity contribution in [3.05, 3.63) is 34.6 Å². The second-order valence-corrected chi connectivity index (χ2v) is 8.26. The highest BCUT2D eigenvalue weighted by Crippen LogP contribution is 2.43. The van der Waals surface area contributed by atoms with E-state index in [4.69, 9.17) is 5.21 Å². The molecular formula is C20H28FN3O2. The summed E-state index contributed by atoms with van der Waals surface area (Å²) in [4.78, 5) is 16.6. The lowest BCUT2D eigenvalue weighted by Gasteiger charge is -2.44. The lowest BCUT2D eigenvalue weighted by atomic mass is 9.85. The fraction of sp³-hybridized carbons (Fsp3) is 0.650. The molecule has 2 heterocycles. The maximum atomic E-state index is 14.6. The fourth-order valence-corrected chi connectivity index (χ4v) is 5.34. The van der Waals surface area contributed by atoms with E-state index in [0.29, 0.717) is 23.7 Å². The van der Waals surface area contributed by atoms with Crippen LogP contribution < -0.4 is 5.48 Å². The molecule has 1 saturated heterocycles. The third-order valence-corrected chi connectivity index (χ3v) is 6.95. The lowest BCUT2D eigenvalue weighted by molar-refractivity contribution is 0.0659. The summed E-state index contributed by atoms with van der Waals surface area (Å²) < 4.78 is 14.6. The number of halogens is 1. The number of carbonyl (C=O) groups excluding carboxylic acids is 1. The second-order valence-electron chi connectivity index (χ2n) is 8.26. The Morgan fingerprint density at radius 3 is 2.92 bits per heavy atom. The first-order valence-corrected chi connectivity index (χ1v) is 9.73. The number of nitrogens with one attached hydrogen (secondary N) is 1. The van der Waals surface area contributed by atoms with Gasteiger partial charge in [0.15, 0.2) is 0 Å². The van der Waals surface area contributed by atoms with Crippen molar-refractivity contribution in [3.63, 3.8) is 0 Å². The largest absolute Gasteiger partial charge is 0.301 e. The highest BCUT2D eigenvalue weighted by Gasteiger charge is 2.45. The monoisotopic (exact) mass is 361 g/mol. The summed E-state index contributed by atoms with van der Waals surface area (Å²) in [6, 6.07) is 3.47. The van der Waals surface area contributed by atoms with E-state index in [2.05, 4.69) is 16.8 Å². The third-order valence-electron chi connectivity index (χ3n) is 6.95. The van der Waals surface area contributed by atoms with Crippen molar-refractivity contribution in [1.82, 2.24) is 15.3 Å². The zero-order valence-corrected chi connectivity index (χ0v) is 15.4. The number of hydrogen-bond donors (Lipinski definition) is 2. The Balaban J connectivity index is 1.50. The summed E-state index contributed by atoms with van der Waals surface area (Å²) in [6.07, 6.45) is 8.28. The van der Waals surface area contributed by atoms with Gasteiger partial charge in [0.2, 0.25) is 0 Å². The number of hydrogen-bond acceptors (Lipinski definition) is 4. The highest BCUT2D eigenvalue weighted by atomic mass is 19.1. The van der Waals surface area contributed by atoms with Crippen LogP contribution in [0, 0.1) is 5.82 Å². The standard InChI is InChI=1S/C20H28FN3O2/c1-23-8-3-2-6-20(23)7-4-16(12-20)24-9-5-14-10-15(19(25)22-26)11-18(21)17(14)13-24/h10-11,16,26H,2-9,12-13H2,1H3,(H,22,25). The van der Waals surface area contributed by atoms with Gasteiger partial charge >= 0.3 is 0 Å². The number of hydroxylamine groups is 1. The summed E-state index contributed by atoms with van der Waals surface area (Å²) in [5.41, 5.74) is 3.72. The lowest BCUT2D eigenvalue weighted by Crippen LogP contribution is -2.49. The zero-order chi connectivity index (χ0) is 18.3. The summed E-state index contributed by atoms with van der Waals surface area (Å²) in [7, 11) is 2.26. The van der Waals surface area contributed by atoms with Crippen molar-refractivity contribution in [3.8, 4) is 0 Å². The van der Waals surface area contributed by atoms with Crippen molar-refractivity contribution >= 4 is 5.91 Å². The number of piperidine rings is 1. The molecule has 2 N–H and O–H groups in total. The smallest absolute Gasteiger partial charge is 0.274 e. The number of benzene rings is 1. The minimum absolute atomic E-state index is 0.181. The van der Waals surface area contributed by atoms with Crippen LogP contribution in [0.4, 0.5) is 4.39 Å². The number of amides is 1. The van der Waals surface area contributed by atoms with E-state index in [1.165, 1.54) is 51.1 Å². The quantitative estimate of drug-likeness (QED) is 0.628. The van der Waals surface area contributed by atoms with Gasteiger partial charge in [-0.05, 0) is 69.8 Å². The van der Waals surface area contributed by atoms with Crippen molar-refractivity contribution in [2.24, 2.45) is 0 Å². The van der Waals surface area contributed by atoms with Crippen molar-refractivity contribution < 1.29 is 14.4 Å². The van der Waals surface area contributed by atoms with E-state index in [0.717, 1.165) is 18.5 Å². The second kappa shape index (κ2) is 6.91. The SMILES string of the molecule is CN1CCCCC12CCC(N1CCc3cc(C(=O)NO)cc(F)c3C1)C2. The molecule has 3 aliphatic rings. The Morgan fingerprint density at radius 2 is 2.15 bits per heavy atom. The fourth-order valence-electron chi connectivity index (χ4n) is 5.34. The van der Waals surface area contributed by atoms with Crippen LogP contribution in [0.25, 0.3) is 0 Å². The van der Waals surface area contributed by atoms with Crippen LogP contribution in [0.15, 0.2) is 12.1 Å². The molecule has 1 aromatic rings. The molecule has 26 heavy (non-hydrogen) atoms. The number of rotatable bonds is 2. The molecule has 2 aliphatic heterocycles. The van der Waals surface area contributed by atoms with E-state index in [1.54, 1.807) is 11.5 Å². The van der Waals surface area contributed by atoms with Crippen LogP contribution in [0.1, 0.15) is 60.0 Å². The molecule has 2 fully saturated rings. The van der Waals surface area contributed by atoms with Crippen LogP contribution in [0.3, 0.4) is 0 Å². The topological polar surface area (TPSA) is 55.8 Å². The van der Waals surface area contributed by atoms with Crippen molar-refractivity contribution in [2.75, 3.05) is 20.1 Å². The molecule has 2 atom stereocenters. The molecule has 4 rings (SSSR count). The third kappa shape index (κ3) is 3.04. The van der Waals surface area contributed by atoms with Crippen LogP contribution in [-0.4, -0.2) is 52.6 Å². The van der Waals surface area contributed by atoms with Gasteiger partial charge in [-0.25, -0.2) is 9.87 Å². The summed E-state index contributed by atoms with van der Waals surface area (Å²) >= 11 is 0. The number of nitrogens with zero attached hydrogens (tertiary/aromatic N) is 2. The maximum absolute atomic E-state index is 14.6. The first-order chi connectivity index (χ1) is 12.5. The molecule has 1 aliphatic carbocycles. The van der Waals surface area contributed by atoms with Crippen molar-refractivity contribution in [2.45, 2.75) is 63.1 Å². The zero-order valence-electron chi connectivity index (χ0n) is 15.4. The molecule has 0 aromatic heterocycles. The molecule has 5 nitrogen and oxygen atoms in total. The molecule has 1 saturated carbocycles. The van der Waals surface area contributed by atoms with Gasteiger partial charge in [0.05, 0.1) is 0 Å². The van der Waals surface area contributed by atoms with E-state index < -0.39 is 5.91 Å². The average Bonchev–Trinajstić information content (AvgIpc) is 3.08. The molecular weight excluding hydrogens is 333 g/mol. The minimum Gasteiger partial charge on any atom is -0.301 e. The Kier molecular flexibility index (Phi) is 4.75. The van der Waals surface area contributed by atoms with Crippen LogP contribution in [0.5, 0.6) is 0 Å². The highest BCUT2D eigenvalue weighted by molar-refractivity contribution is 5.93. The van der Waals surface area contributed by atoms with Crippen LogP contribution >= 0.6 is 0 Å². The summed E-state index contributed by atoms with van der Waals surface area (Å²) in [5, 5.41) is 8.78. The van der Waals surface area contributed by atoms with Gasteiger partial charge in [-0.15, -0.1) is 0 Å². The van der Waals surface area contributed by atoms with E-state index in [1.807, 2.05) is 0 Å². The minimum atomic E-state index is -0.660. The van der Waals surface area contributed by atoms with Gasteiger partial charge in [0.25, 0.3) is 5.91 Å². The normalized spacial score (nSPS) is 29.7. The predicted octanol–water partition coefficient (Wildman–Crippen LogP) is 2.71. The molecule has 2 unspecified atom stereocenters. The van der Waals surface area contributed by atoms with Crippen molar-refractivity contribution in [1.29, 1.82) is 0 Å². The Hall–Kier alpha value is -1.50. The predicted molar refractivity (Wildman–Crippen MR) is 96.6 cm³/mol.